The fourth-order valence-corrected chi connectivity index (χ4v) is 1.34. The standard InChI is InChI=1S/C7H13FN2O/c8-5-10-3-1-6(2-4-10)7(9)11/h6H,1-5H2,(H2,9,11). The van der Waals surface area contributed by atoms with Crippen molar-refractivity contribution in [3.05, 3.63) is 0 Å². The van der Waals surface area contributed by atoms with Gasteiger partial charge in [0, 0.05) is 19.0 Å². The summed E-state index contributed by atoms with van der Waals surface area (Å²) in [7, 11) is 0. The van der Waals surface area contributed by atoms with Crippen LogP contribution in [0.4, 0.5) is 4.39 Å². The summed E-state index contributed by atoms with van der Waals surface area (Å²) >= 11 is 0. The molecule has 2 N–H and O–H groups in total. The predicted octanol–water partition coefficient (Wildman–Crippen LogP) is 0.111. The molecule has 1 aliphatic heterocycles. The molecule has 64 valence electrons. The second-order valence-electron chi connectivity index (χ2n) is 2.91. The van der Waals surface area contributed by atoms with Crippen molar-refractivity contribution < 1.29 is 9.18 Å². The predicted molar refractivity (Wildman–Crippen MR) is 39.5 cm³/mol. The molecule has 0 atom stereocenters. The first kappa shape index (κ1) is 8.46. The van der Waals surface area contributed by atoms with Gasteiger partial charge in [0.05, 0.1) is 0 Å². The maximum atomic E-state index is 12.0. The van der Waals surface area contributed by atoms with Gasteiger partial charge in [-0.3, -0.25) is 9.69 Å². The number of rotatable bonds is 2. The minimum Gasteiger partial charge on any atom is -0.369 e. The summed E-state index contributed by atoms with van der Waals surface area (Å²) in [6.45, 7) is 0.902. The molecule has 3 nitrogen and oxygen atoms in total. The topological polar surface area (TPSA) is 46.3 Å². The maximum absolute atomic E-state index is 12.0. The highest BCUT2D eigenvalue weighted by atomic mass is 19.1. The van der Waals surface area contributed by atoms with Gasteiger partial charge in [0.1, 0.15) is 6.80 Å². The largest absolute Gasteiger partial charge is 0.369 e. The van der Waals surface area contributed by atoms with Gasteiger partial charge < -0.3 is 5.73 Å². The number of nitrogens with zero attached hydrogens (tertiary/aromatic N) is 1. The molecule has 0 aromatic carbocycles. The molecule has 1 saturated heterocycles. The monoisotopic (exact) mass is 160 g/mol. The summed E-state index contributed by atoms with van der Waals surface area (Å²) in [5, 5.41) is 0. The normalized spacial score (nSPS) is 21.9. The van der Waals surface area contributed by atoms with Crippen molar-refractivity contribution in [1.82, 2.24) is 4.90 Å². The molecule has 1 aliphatic rings. The summed E-state index contributed by atoms with van der Waals surface area (Å²) in [5.41, 5.74) is 5.10. The molecule has 11 heavy (non-hydrogen) atoms. The summed E-state index contributed by atoms with van der Waals surface area (Å²) in [4.78, 5) is 12.3. The Bertz CT molecular complexity index is 143. The number of nitrogens with two attached hydrogens (primary N) is 1. The average Bonchev–Trinajstić information content (AvgIpc) is 2.05. The molecule has 1 fully saturated rings. The van der Waals surface area contributed by atoms with Crippen LogP contribution in [0.15, 0.2) is 0 Å². The highest BCUT2D eigenvalue weighted by Crippen LogP contribution is 2.15. The Morgan fingerprint density at radius 2 is 2.09 bits per heavy atom. The van der Waals surface area contributed by atoms with E-state index in [-0.39, 0.29) is 11.8 Å². The van der Waals surface area contributed by atoms with Crippen LogP contribution in [0.1, 0.15) is 12.8 Å². The van der Waals surface area contributed by atoms with Gasteiger partial charge in [-0.2, -0.15) is 0 Å². The van der Waals surface area contributed by atoms with E-state index in [1.807, 2.05) is 0 Å². The smallest absolute Gasteiger partial charge is 0.220 e. The van der Waals surface area contributed by atoms with Gasteiger partial charge in [0.15, 0.2) is 0 Å². The van der Waals surface area contributed by atoms with E-state index in [1.54, 1.807) is 4.90 Å². The molecule has 1 heterocycles. The van der Waals surface area contributed by atoms with E-state index in [1.165, 1.54) is 0 Å². The number of piperidine rings is 1. The van der Waals surface area contributed by atoms with Crippen molar-refractivity contribution >= 4 is 5.91 Å². The second kappa shape index (κ2) is 3.67. The lowest BCUT2D eigenvalue weighted by molar-refractivity contribution is -0.123. The molecular formula is C7H13FN2O. The highest BCUT2D eigenvalue weighted by Gasteiger charge is 2.22. The Kier molecular flexibility index (Phi) is 2.82. The molecule has 0 radical (unpaired) electrons. The zero-order valence-electron chi connectivity index (χ0n) is 6.42. The minimum absolute atomic E-state index is 0.0298. The summed E-state index contributed by atoms with van der Waals surface area (Å²) in [6, 6.07) is 0. The van der Waals surface area contributed by atoms with Crippen LogP contribution in [0.3, 0.4) is 0 Å². The molecule has 0 aromatic rings. The summed E-state index contributed by atoms with van der Waals surface area (Å²) < 4.78 is 12.0. The minimum atomic E-state index is -0.411. The quantitative estimate of drug-likeness (QED) is 0.583. The first-order valence-corrected chi connectivity index (χ1v) is 3.81. The second-order valence-corrected chi connectivity index (χ2v) is 2.91. The number of primary amides is 1. The fraction of sp³-hybridized carbons (Fsp3) is 0.857. The third kappa shape index (κ3) is 2.15. The fourth-order valence-electron chi connectivity index (χ4n) is 1.34. The average molecular weight is 160 g/mol. The van der Waals surface area contributed by atoms with Crippen molar-refractivity contribution in [2.24, 2.45) is 11.7 Å². The molecule has 1 amide bonds. The summed E-state index contributed by atoms with van der Waals surface area (Å²) in [5.74, 6) is -0.277. The van der Waals surface area contributed by atoms with Crippen molar-refractivity contribution in [3.63, 3.8) is 0 Å². The summed E-state index contributed by atoms with van der Waals surface area (Å²) in [6.07, 6.45) is 1.42. The van der Waals surface area contributed by atoms with Crippen molar-refractivity contribution in [2.75, 3.05) is 19.9 Å². The van der Waals surface area contributed by atoms with Gasteiger partial charge in [0.25, 0.3) is 0 Å². The molecule has 0 aromatic heterocycles. The van der Waals surface area contributed by atoms with Gasteiger partial charge in [-0.05, 0) is 12.8 Å². The number of hydrogen-bond donors (Lipinski definition) is 1. The van der Waals surface area contributed by atoms with E-state index in [9.17, 15) is 9.18 Å². The van der Waals surface area contributed by atoms with Gasteiger partial charge in [-0.15, -0.1) is 0 Å². The van der Waals surface area contributed by atoms with Gasteiger partial charge in [-0.1, -0.05) is 0 Å². The number of halogens is 1. The Morgan fingerprint density at radius 3 is 2.45 bits per heavy atom. The van der Waals surface area contributed by atoms with Crippen LogP contribution < -0.4 is 5.73 Å². The Labute approximate surface area is 65.3 Å². The lowest BCUT2D eigenvalue weighted by atomic mass is 9.97. The molecule has 4 heteroatoms. The molecule has 0 aliphatic carbocycles. The number of hydrogen-bond acceptors (Lipinski definition) is 2. The lowest BCUT2D eigenvalue weighted by Crippen LogP contribution is -2.37. The maximum Gasteiger partial charge on any atom is 0.220 e. The molecule has 0 unspecified atom stereocenters. The zero-order valence-corrected chi connectivity index (χ0v) is 6.42. The van der Waals surface area contributed by atoms with E-state index in [2.05, 4.69) is 0 Å². The van der Waals surface area contributed by atoms with E-state index in [0.29, 0.717) is 25.9 Å². The van der Waals surface area contributed by atoms with Crippen LogP contribution in [0, 0.1) is 5.92 Å². The SMILES string of the molecule is NC(=O)C1CCN(CF)CC1. The number of likely N-dealkylation sites (tertiary alicyclic amines) is 1. The number of amides is 1. The van der Waals surface area contributed by atoms with Crippen molar-refractivity contribution in [2.45, 2.75) is 12.8 Å². The lowest BCUT2D eigenvalue weighted by Gasteiger charge is -2.27. The van der Waals surface area contributed by atoms with Crippen molar-refractivity contribution in [3.8, 4) is 0 Å². The number of alkyl halides is 1. The Hall–Kier alpha value is -0.640. The molecule has 0 spiro atoms. The highest BCUT2D eigenvalue weighted by molar-refractivity contribution is 5.76. The van der Waals surface area contributed by atoms with E-state index in [4.69, 9.17) is 5.73 Å². The Morgan fingerprint density at radius 1 is 1.55 bits per heavy atom. The van der Waals surface area contributed by atoms with Crippen LogP contribution in [-0.2, 0) is 4.79 Å². The van der Waals surface area contributed by atoms with Crippen molar-refractivity contribution in [1.29, 1.82) is 0 Å². The van der Waals surface area contributed by atoms with Gasteiger partial charge in [0.2, 0.25) is 5.91 Å². The Balaban J connectivity index is 2.30. The van der Waals surface area contributed by atoms with Crippen LogP contribution in [0.2, 0.25) is 0 Å². The zero-order chi connectivity index (χ0) is 8.27. The van der Waals surface area contributed by atoms with Gasteiger partial charge in [-0.25, -0.2) is 4.39 Å². The third-order valence-corrected chi connectivity index (χ3v) is 2.16. The molecule has 0 saturated carbocycles. The van der Waals surface area contributed by atoms with E-state index >= 15 is 0 Å². The van der Waals surface area contributed by atoms with E-state index < -0.39 is 6.80 Å². The first-order chi connectivity index (χ1) is 5.24. The third-order valence-electron chi connectivity index (χ3n) is 2.16. The van der Waals surface area contributed by atoms with Crippen LogP contribution in [-0.4, -0.2) is 30.7 Å². The van der Waals surface area contributed by atoms with Crippen LogP contribution in [0.5, 0.6) is 0 Å². The first-order valence-electron chi connectivity index (χ1n) is 3.81. The number of carbonyl (C=O) groups is 1. The number of carbonyl (C=O) groups excluding carboxylic acids is 1. The molecular weight excluding hydrogens is 147 g/mol. The van der Waals surface area contributed by atoms with E-state index in [0.717, 1.165) is 0 Å². The van der Waals surface area contributed by atoms with Gasteiger partial charge >= 0.3 is 0 Å². The molecule has 1 rings (SSSR count). The molecule has 0 bridgehead atoms. The van der Waals surface area contributed by atoms with Crippen LogP contribution in [0.25, 0.3) is 0 Å². The van der Waals surface area contributed by atoms with Crippen LogP contribution >= 0.6 is 0 Å².